The van der Waals surface area contributed by atoms with Gasteiger partial charge in [-0.25, -0.2) is 0 Å². The fourth-order valence-corrected chi connectivity index (χ4v) is 9.26. The van der Waals surface area contributed by atoms with Gasteiger partial charge in [-0.1, -0.05) is 314 Å². The van der Waals surface area contributed by atoms with Crippen LogP contribution in [0.3, 0.4) is 0 Å². The molecule has 0 heterocycles. The summed E-state index contributed by atoms with van der Waals surface area (Å²) in [7, 11) is 0. The Kier molecular flexibility index (Phi) is 54.2. The molecule has 0 aromatic carbocycles. The summed E-state index contributed by atoms with van der Waals surface area (Å²) < 4.78 is 0. The molecule has 0 saturated heterocycles. The molecule has 4 heteroatoms. The number of hydrogen-bond donors (Lipinski definition) is 3. The molecular weight excluding hydrogens is 771 g/mol. The van der Waals surface area contributed by atoms with Crippen LogP contribution in [0.2, 0.25) is 0 Å². The number of nitrogens with one attached hydrogen (secondary N) is 1. The second kappa shape index (κ2) is 55.2. The van der Waals surface area contributed by atoms with Gasteiger partial charge >= 0.3 is 0 Å². The third-order valence-electron chi connectivity index (χ3n) is 13.7. The number of carbonyl (C=O) groups excluding carboxylic acids is 1. The van der Waals surface area contributed by atoms with E-state index in [0.29, 0.717) is 6.42 Å². The van der Waals surface area contributed by atoms with Crippen molar-refractivity contribution in [2.45, 2.75) is 341 Å². The molecule has 2 atom stereocenters. The minimum absolute atomic E-state index is 0.0688. The van der Waals surface area contributed by atoms with E-state index in [1.165, 1.54) is 276 Å². The highest BCUT2D eigenvalue weighted by Crippen LogP contribution is 2.18. The quantitative estimate of drug-likeness (QED) is 0.0421. The van der Waals surface area contributed by atoms with Gasteiger partial charge in [-0.15, -0.1) is 0 Å². The first-order chi connectivity index (χ1) is 31.2. The molecule has 0 spiro atoms. The molecule has 0 bridgehead atoms. The van der Waals surface area contributed by atoms with Gasteiger partial charge in [-0.3, -0.25) is 4.79 Å². The molecular formula is C59H115NO3. The summed E-state index contributed by atoms with van der Waals surface area (Å²) in [4.78, 5) is 12.4. The van der Waals surface area contributed by atoms with E-state index < -0.39 is 12.1 Å². The second-order valence-corrected chi connectivity index (χ2v) is 20.1. The highest BCUT2D eigenvalue weighted by atomic mass is 16.3. The van der Waals surface area contributed by atoms with Crippen LogP contribution in [-0.4, -0.2) is 34.9 Å². The maximum atomic E-state index is 12.4. The summed E-state index contributed by atoms with van der Waals surface area (Å²) in [6.45, 7) is 4.31. The maximum absolute atomic E-state index is 12.4. The average molecular weight is 887 g/mol. The Morgan fingerprint density at radius 1 is 0.365 bits per heavy atom. The predicted octanol–water partition coefficient (Wildman–Crippen LogP) is 19.1. The molecule has 0 aromatic rings. The Balaban J connectivity index is 3.34. The highest BCUT2D eigenvalue weighted by molar-refractivity contribution is 5.76. The molecule has 0 radical (unpaired) electrons. The van der Waals surface area contributed by atoms with Crippen LogP contribution in [-0.2, 0) is 4.79 Å². The first kappa shape index (κ1) is 61.9. The van der Waals surface area contributed by atoms with Crippen molar-refractivity contribution in [2.75, 3.05) is 6.61 Å². The van der Waals surface area contributed by atoms with Crippen LogP contribution in [0.1, 0.15) is 328 Å². The summed E-state index contributed by atoms with van der Waals surface area (Å²) in [5, 5.41) is 23.0. The number of amides is 1. The second-order valence-electron chi connectivity index (χ2n) is 20.1. The first-order valence-corrected chi connectivity index (χ1v) is 29.1. The lowest BCUT2D eigenvalue weighted by atomic mass is 10.0. The number of aliphatic hydroxyl groups excluding tert-OH is 2. The zero-order valence-corrected chi connectivity index (χ0v) is 43.1. The fraction of sp³-hybridized carbons (Fsp3) is 0.915. The molecule has 1 amide bonds. The van der Waals surface area contributed by atoms with Crippen LogP contribution in [0.5, 0.6) is 0 Å². The van der Waals surface area contributed by atoms with Gasteiger partial charge < -0.3 is 15.5 Å². The molecule has 0 fully saturated rings. The number of unbranched alkanes of at least 4 members (excludes halogenated alkanes) is 45. The maximum Gasteiger partial charge on any atom is 0.220 e. The summed E-state index contributed by atoms with van der Waals surface area (Å²) in [6, 6.07) is -0.635. The van der Waals surface area contributed by atoms with Crippen LogP contribution in [0.4, 0.5) is 0 Å². The Bertz CT molecular complexity index is 916. The van der Waals surface area contributed by atoms with E-state index in [1.54, 1.807) is 6.08 Å². The summed E-state index contributed by atoms with van der Waals surface area (Å²) in [5.41, 5.74) is 0. The predicted molar refractivity (Wildman–Crippen MR) is 281 cm³/mol. The monoisotopic (exact) mass is 886 g/mol. The summed E-state index contributed by atoms with van der Waals surface area (Å²) >= 11 is 0. The summed E-state index contributed by atoms with van der Waals surface area (Å²) in [6.07, 6.45) is 73.8. The van der Waals surface area contributed by atoms with Gasteiger partial charge in [0.1, 0.15) is 0 Å². The number of hydrogen-bond acceptors (Lipinski definition) is 3. The normalized spacial score (nSPS) is 12.9. The van der Waals surface area contributed by atoms with Crippen LogP contribution in [0.25, 0.3) is 0 Å². The van der Waals surface area contributed by atoms with E-state index in [0.717, 1.165) is 32.1 Å². The number of aliphatic hydroxyl groups is 2. The van der Waals surface area contributed by atoms with Crippen molar-refractivity contribution in [1.82, 2.24) is 5.32 Å². The van der Waals surface area contributed by atoms with Crippen molar-refractivity contribution in [1.29, 1.82) is 0 Å². The van der Waals surface area contributed by atoms with Gasteiger partial charge in [0.2, 0.25) is 5.91 Å². The first-order valence-electron chi connectivity index (χ1n) is 29.1. The molecule has 0 saturated carbocycles. The third-order valence-corrected chi connectivity index (χ3v) is 13.7. The molecule has 0 aromatic heterocycles. The lowest BCUT2D eigenvalue weighted by molar-refractivity contribution is -0.123. The molecule has 374 valence electrons. The van der Waals surface area contributed by atoms with Crippen molar-refractivity contribution < 1.29 is 15.0 Å². The molecule has 0 aliphatic rings. The topological polar surface area (TPSA) is 69.6 Å². The molecule has 63 heavy (non-hydrogen) atoms. The Morgan fingerprint density at radius 3 is 0.921 bits per heavy atom. The van der Waals surface area contributed by atoms with Gasteiger partial charge in [0, 0.05) is 6.42 Å². The minimum Gasteiger partial charge on any atom is -0.394 e. The zero-order chi connectivity index (χ0) is 45.6. The van der Waals surface area contributed by atoms with E-state index in [-0.39, 0.29) is 12.5 Å². The number of allylic oxidation sites excluding steroid dienone is 3. The molecule has 0 aliphatic carbocycles. The van der Waals surface area contributed by atoms with Crippen LogP contribution < -0.4 is 5.32 Å². The van der Waals surface area contributed by atoms with Crippen LogP contribution in [0, 0.1) is 0 Å². The molecule has 0 aliphatic heterocycles. The van der Waals surface area contributed by atoms with E-state index in [4.69, 9.17) is 0 Å². The Morgan fingerprint density at radius 2 is 0.619 bits per heavy atom. The SMILES string of the molecule is CCCCCCCC/C=C/CC/C=C/C(O)C(CO)NC(=O)CCCCCCCCCCCCCCCCCCCCCCCCCCCCCCCCCCCCCCCCC. The Hall–Kier alpha value is -1.13. The van der Waals surface area contributed by atoms with Crippen molar-refractivity contribution in [3.8, 4) is 0 Å². The third kappa shape index (κ3) is 51.7. The molecule has 2 unspecified atom stereocenters. The lowest BCUT2D eigenvalue weighted by Gasteiger charge is -2.19. The van der Waals surface area contributed by atoms with Gasteiger partial charge in [-0.05, 0) is 32.1 Å². The van der Waals surface area contributed by atoms with E-state index in [2.05, 4.69) is 31.3 Å². The minimum atomic E-state index is -0.858. The van der Waals surface area contributed by atoms with Gasteiger partial charge in [0.25, 0.3) is 0 Å². The average Bonchev–Trinajstić information content (AvgIpc) is 3.29. The van der Waals surface area contributed by atoms with Crippen molar-refractivity contribution >= 4 is 5.91 Å². The van der Waals surface area contributed by atoms with Crippen LogP contribution in [0.15, 0.2) is 24.3 Å². The van der Waals surface area contributed by atoms with Crippen molar-refractivity contribution in [3.63, 3.8) is 0 Å². The number of carbonyl (C=O) groups is 1. The van der Waals surface area contributed by atoms with Crippen molar-refractivity contribution in [2.24, 2.45) is 0 Å². The van der Waals surface area contributed by atoms with Crippen molar-refractivity contribution in [3.05, 3.63) is 24.3 Å². The van der Waals surface area contributed by atoms with Gasteiger partial charge in [0.05, 0.1) is 18.8 Å². The standard InChI is InChI=1S/C59H115NO3/c1-3-5-7-9-11-13-15-17-18-19-20-21-22-23-24-25-26-27-28-29-30-31-32-33-34-35-36-37-38-39-40-41-42-43-45-47-49-51-53-55-59(63)60-57(56-61)58(62)54-52-50-48-46-44-16-14-12-10-8-6-4-2/h44,46,52,54,57-58,61-62H,3-43,45,47-51,53,55-56H2,1-2H3,(H,60,63)/b46-44+,54-52+. The smallest absolute Gasteiger partial charge is 0.220 e. The van der Waals surface area contributed by atoms with E-state index in [9.17, 15) is 15.0 Å². The lowest BCUT2D eigenvalue weighted by Crippen LogP contribution is -2.45. The summed E-state index contributed by atoms with van der Waals surface area (Å²) in [5.74, 6) is -0.0688. The van der Waals surface area contributed by atoms with E-state index in [1.807, 2.05) is 6.08 Å². The fourth-order valence-electron chi connectivity index (χ4n) is 9.26. The largest absolute Gasteiger partial charge is 0.394 e. The Labute approximate surface area is 396 Å². The zero-order valence-electron chi connectivity index (χ0n) is 43.1. The molecule has 0 rings (SSSR count). The van der Waals surface area contributed by atoms with E-state index >= 15 is 0 Å². The molecule has 3 N–H and O–H groups in total. The molecule has 4 nitrogen and oxygen atoms in total. The van der Waals surface area contributed by atoms with Gasteiger partial charge in [0.15, 0.2) is 0 Å². The highest BCUT2D eigenvalue weighted by Gasteiger charge is 2.18. The number of rotatable bonds is 54. The van der Waals surface area contributed by atoms with Crippen LogP contribution >= 0.6 is 0 Å². The van der Waals surface area contributed by atoms with Gasteiger partial charge in [-0.2, -0.15) is 0 Å².